The minimum Gasteiger partial charge on any atom is -0.485 e. The summed E-state index contributed by atoms with van der Waals surface area (Å²) in [6.07, 6.45) is -1.38. The zero-order valence-corrected chi connectivity index (χ0v) is 22.5. The zero-order chi connectivity index (χ0) is 27.4. The van der Waals surface area contributed by atoms with E-state index < -0.39 is 23.8 Å². The third-order valence-corrected chi connectivity index (χ3v) is 7.94. The van der Waals surface area contributed by atoms with Gasteiger partial charge in [-0.15, -0.1) is 11.3 Å². The SMILES string of the molecule is CCCCOC(Cc1ccc(OC(c2sc(-c3ccc(C(F)(F)F)cc3)nc2C)C2CC2)cc1C)C(=O)O. The number of ether oxygens (including phenoxy) is 2. The molecule has 0 amide bonds. The van der Waals surface area contributed by atoms with Crippen LogP contribution in [0.2, 0.25) is 0 Å². The van der Waals surface area contributed by atoms with Gasteiger partial charge in [0.25, 0.3) is 0 Å². The van der Waals surface area contributed by atoms with Gasteiger partial charge in [0, 0.05) is 24.5 Å². The van der Waals surface area contributed by atoms with Gasteiger partial charge >= 0.3 is 12.1 Å². The predicted molar refractivity (Wildman–Crippen MR) is 141 cm³/mol. The van der Waals surface area contributed by atoms with Crippen molar-refractivity contribution in [3.05, 3.63) is 69.7 Å². The van der Waals surface area contributed by atoms with Gasteiger partial charge in [-0.05, 0) is 68.5 Å². The highest BCUT2D eigenvalue weighted by atomic mass is 32.1. The number of thiazole rings is 1. The first-order valence-electron chi connectivity index (χ1n) is 12.8. The second-order valence-electron chi connectivity index (χ2n) is 9.76. The summed E-state index contributed by atoms with van der Waals surface area (Å²) in [5.41, 5.74) is 2.58. The van der Waals surface area contributed by atoms with E-state index in [1.54, 1.807) is 0 Å². The molecule has 1 fully saturated rings. The van der Waals surface area contributed by atoms with Gasteiger partial charge in [0.2, 0.25) is 0 Å². The lowest BCUT2D eigenvalue weighted by molar-refractivity contribution is -0.150. The Morgan fingerprint density at radius 1 is 1.16 bits per heavy atom. The molecule has 2 atom stereocenters. The van der Waals surface area contributed by atoms with Crippen LogP contribution in [0.15, 0.2) is 42.5 Å². The van der Waals surface area contributed by atoms with Gasteiger partial charge in [-0.25, -0.2) is 9.78 Å². The number of carboxylic acid groups (broad SMARTS) is 1. The molecule has 5 nitrogen and oxygen atoms in total. The first kappa shape index (κ1) is 28.1. The van der Waals surface area contributed by atoms with Gasteiger partial charge in [-0.1, -0.05) is 31.5 Å². The first-order chi connectivity index (χ1) is 18.1. The number of halogens is 3. The zero-order valence-electron chi connectivity index (χ0n) is 21.7. The second-order valence-corrected chi connectivity index (χ2v) is 10.8. The smallest absolute Gasteiger partial charge is 0.416 e. The van der Waals surface area contributed by atoms with Crippen LogP contribution in [0.4, 0.5) is 13.2 Å². The van der Waals surface area contributed by atoms with E-state index >= 15 is 0 Å². The van der Waals surface area contributed by atoms with Crippen molar-refractivity contribution in [1.29, 1.82) is 0 Å². The van der Waals surface area contributed by atoms with Crippen LogP contribution >= 0.6 is 11.3 Å². The molecule has 0 bridgehead atoms. The highest BCUT2D eigenvalue weighted by Gasteiger charge is 2.37. The number of unbranched alkanes of at least 4 members (excludes halogenated alkanes) is 1. The number of hydrogen-bond acceptors (Lipinski definition) is 5. The number of rotatable bonds is 12. The van der Waals surface area contributed by atoms with E-state index in [1.807, 2.05) is 39.0 Å². The van der Waals surface area contributed by atoms with Crippen molar-refractivity contribution in [2.45, 2.75) is 71.3 Å². The summed E-state index contributed by atoms with van der Waals surface area (Å²) in [4.78, 5) is 17.3. The summed E-state index contributed by atoms with van der Waals surface area (Å²) in [6.45, 7) is 6.27. The van der Waals surface area contributed by atoms with E-state index in [1.165, 1.54) is 23.5 Å². The van der Waals surface area contributed by atoms with Gasteiger partial charge in [0.05, 0.1) is 16.1 Å². The number of carboxylic acids is 1. The van der Waals surface area contributed by atoms with Gasteiger partial charge < -0.3 is 14.6 Å². The number of aliphatic carboxylic acids is 1. The maximum atomic E-state index is 13.0. The molecule has 1 aliphatic carbocycles. The molecule has 4 rings (SSSR count). The van der Waals surface area contributed by atoms with Crippen molar-refractivity contribution in [1.82, 2.24) is 4.98 Å². The number of benzene rings is 2. The number of carbonyl (C=O) groups is 1. The quantitative estimate of drug-likeness (QED) is 0.235. The Balaban J connectivity index is 1.50. The van der Waals surface area contributed by atoms with Crippen molar-refractivity contribution in [2.75, 3.05) is 6.61 Å². The molecular weight excluding hydrogens is 515 g/mol. The molecule has 0 spiro atoms. The normalized spacial score (nSPS) is 15.3. The van der Waals surface area contributed by atoms with E-state index in [9.17, 15) is 23.1 Å². The van der Waals surface area contributed by atoms with E-state index in [4.69, 9.17) is 9.47 Å². The molecule has 2 aromatic carbocycles. The minimum atomic E-state index is -4.38. The predicted octanol–water partition coefficient (Wildman–Crippen LogP) is 7.79. The Bertz CT molecular complexity index is 1250. The Labute approximate surface area is 224 Å². The second kappa shape index (κ2) is 11.9. The monoisotopic (exact) mass is 547 g/mol. The summed E-state index contributed by atoms with van der Waals surface area (Å²) in [6, 6.07) is 10.7. The molecule has 2 unspecified atom stereocenters. The Kier molecular flexibility index (Phi) is 8.78. The molecule has 1 heterocycles. The molecule has 38 heavy (non-hydrogen) atoms. The molecule has 1 aromatic heterocycles. The standard InChI is InChI=1S/C29H32F3NO4S/c1-4-5-14-36-24(28(34)35)16-21-10-13-23(15-17(21)2)37-25(19-6-7-19)26-18(3)33-27(38-26)20-8-11-22(12-9-20)29(30,31)32/h8-13,15,19,24-25H,4-7,14,16H2,1-3H3,(H,34,35). The van der Waals surface area contributed by atoms with Crippen LogP contribution in [-0.4, -0.2) is 28.8 Å². The molecule has 1 N–H and O–H groups in total. The lowest BCUT2D eigenvalue weighted by Gasteiger charge is -2.20. The minimum absolute atomic E-state index is 0.204. The van der Waals surface area contributed by atoms with E-state index in [2.05, 4.69) is 4.98 Å². The number of nitrogens with zero attached hydrogens (tertiary/aromatic N) is 1. The van der Waals surface area contributed by atoms with Crippen molar-refractivity contribution >= 4 is 17.3 Å². The topological polar surface area (TPSA) is 68.7 Å². The average molecular weight is 548 g/mol. The molecule has 3 aromatic rings. The van der Waals surface area contributed by atoms with Crippen molar-refractivity contribution in [3.63, 3.8) is 0 Å². The summed E-state index contributed by atoms with van der Waals surface area (Å²) >= 11 is 1.45. The van der Waals surface area contributed by atoms with Crippen LogP contribution in [0.5, 0.6) is 5.75 Å². The van der Waals surface area contributed by atoms with E-state index in [0.29, 0.717) is 28.8 Å². The summed E-state index contributed by atoms with van der Waals surface area (Å²) in [5.74, 6) is 0.0582. The molecular formula is C29H32F3NO4S. The fourth-order valence-corrected chi connectivity index (χ4v) is 5.46. The van der Waals surface area contributed by atoms with E-state index in [0.717, 1.165) is 59.5 Å². The summed E-state index contributed by atoms with van der Waals surface area (Å²) in [7, 11) is 0. The highest BCUT2D eigenvalue weighted by molar-refractivity contribution is 7.15. The number of hydrogen-bond donors (Lipinski definition) is 1. The Hall–Kier alpha value is -2.91. The van der Waals surface area contributed by atoms with Crippen LogP contribution < -0.4 is 4.74 Å². The van der Waals surface area contributed by atoms with Crippen molar-refractivity contribution in [2.24, 2.45) is 5.92 Å². The molecule has 1 saturated carbocycles. The summed E-state index contributed by atoms with van der Waals surface area (Å²) < 4.78 is 50.9. The van der Waals surface area contributed by atoms with Crippen LogP contribution in [0.25, 0.3) is 10.6 Å². The fraction of sp³-hybridized carbons (Fsp3) is 0.448. The Morgan fingerprint density at radius 2 is 1.87 bits per heavy atom. The first-order valence-corrected chi connectivity index (χ1v) is 13.6. The van der Waals surface area contributed by atoms with Gasteiger partial charge in [-0.3, -0.25) is 0 Å². The lowest BCUT2D eigenvalue weighted by Crippen LogP contribution is -2.27. The lowest BCUT2D eigenvalue weighted by atomic mass is 10.0. The van der Waals surface area contributed by atoms with Crippen LogP contribution in [-0.2, 0) is 22.1 Å². The molecule has 0 aliphatic heterocycles. The Morgan fingerprint density at radius 3 is 2.45 bits per heavy atom. The number of alkyl halides is 3. The fourth-order valence-electron chi connectivity index (χ4n) is 4.26. The van der Waals surface area contributed by atoms with Gasteiger partial charge in [-0.2, -0.15) is 13.2 Å². The summed E-state index contributed by atoms with van der Waals surface area (Å²) in [5, 5.41) is 10.2. The van der Waals surface area contributed by atoms with Crippen molar-refractivity contribution < 1.29 is 32.5 Å². The van der Waals surface area contributed by atoms with Crippen LogP contribution in [0, 0.1) is 19.8 Å². The largest absolute Gasteiger partial charge is 0.485 e. The molecule has 9 heteroatoms. The van der Waals surface area contributed by atoms with Gasteiger partial charge in [0.15, 0.2) is 6.10 Å². The third kappa shape index (κ3) is 6.94. The van der Waals surface area contributed by atoms with Gasteiger partial charge in [0.1, 0.15) is 16.9 Å². The van der Waals surface area contributed by atoms with Crippen LogP contribution in [0.3, 0.4) is 0 Å². The maximum Gasteiger partial charge on any atom is 0.416 e. The number of aryl methyl sites for hydroxylation is 2. The molecule has 1 aliphatic rings. The average Bonchev–Trinajstić information content (AvgIpc) is 3.64. The van der Waals surface area contributed by atoms with E-state index in [-0.39, 0.29) is 12.5 Å². The van der Waals surface area contributed by atoms with Crippen molar-refractivity contribution in [3.8, 4) is 16.3 Å². The highest BCUT2D eigenvalue weighted by Crippen LogP contribution is 2.47. The number of aromatic nitrogens is 1. The molecule has 0 saturated heterocycles. The molecule has 204 valence electrons. The third-order valence-electron chi connectivity index (χ3n) is 6.68. The molecule has 0 radical (unpaired) electrons. The maximum absolute atomic E-state index is 13.0. The van der Waals surface area contributed by atoms with Crippen LogP contribution in [0.1, 0.15) is 66.0 Å².